The highest BCUT2D eigenvalue weighted by Crippen LogP contribution is 2.39. The van der Waals surface area contributed by atoms with Crippen LogP contribution in [0.2, 0.25) is 0 Å². The molecule has 0 atom stereocenters. The average molecular weight is 391 g/mol. The van der Waals surface area contributed by atoms with Crippen LogP contribution in [0.5, 0.6) is 5.75 Å². The van der Waals surface area contributed by atoms with Gasteiger partial charge in [-0.25, -0.2) is 0 Å². The molecule has 29 heavy (non-hydrogen) atoms. The second kappa shape index (κ2) is 8.49. The van der Waals surface area contributed by atoms with Crippen molar-refractivity contribution in [3.05, 3.63) is 70.9 Å². The van der Waals surface area contributed by atoms with Crippen LogP contribution in [0.3, 0.4) is 0 Å². The number of benzene rings is 2. The number of hydrogen-bond acceptors (Lipinski definition) is 5. The van der Waals surface area contributed by atoms with Crippen LogP contribution in [0.4, 0.5) is 0 Å². The van der Waals surface area contributed by atoms with Gasteiger partial charge in [0.15, 0.2) is 11.5 Å². The number of hydrogen-bond donors (Lipinski definition) is 1. The van der Waals surface area contributed by atoms with Crippen LogP contribution >= 0.6 is 0 Å². The smallest absolute Gasteiger partial charge is 0.273 e. The minimum atomic E-state index is -0.222. The van der Waals surface area contributed by atoms with E-state index in [4.69, 9.17) is 9.26 Å². The Labute approximate surface area is 170 Å². The van der Waals surface area contributed by atoms with E-state index in [1.54, 1.807) is 0 Å². The monoisotopic (exact) mass is 391 g/mol. The highest BCUT2D eigenvalue weighted by Gasteiger charge is 2.28. The summed E-state index contributed by atoms with van der Waals surface area (Å²) in [6.07, 6.45) is 0.855. The van der Waals surface area contributed by atoms with Crippen LogP contribution in [0.25, 0.3) is 11.3 Å². The molecule has 2 aromatic carbocycles. The summed E-state index contributed by atoms with van der Waals surface area (Å²) in [5.41, 5.74) is 4.25. The van der Waals surface area contributed by atoms with Crippen molar-refractivity contribution in [1.29, 1.82) is 0 Å². The molecule has 0 unspecified atom stereocenters. The quantitative estimate of drug-likeness (QED) is 0.621. The molecule has 0 aliphatic carbocycles. The molecule has 1 aromatic heterocycles. The van der Waals surface area contributed by atoms with Gasteiger partial charge in [0.05, 0.1) is 11.1 Å². The third-order valence-corrected chi connectivity index (χ3v) is 5.05. The first-order valence-corrected chi connectivity index (χ1v) is 9.85. The number of nitrogens with one attached hydrogen (secondary N) is 1. The standard InChI is InChI=1S/C23H25N3O3/c1-16-9-10-20-18(13-16)22-19(15-28-20)21(25-29-22)23(27)24-11-6-12-26(2)14-17-7-4-3-5-8-17/h3-5,7-10,13H,6,11-12,14-15H2,1-2H3,(H,24,27). The predicted octanol–water partition coefficient (Wildman–Crippen LogP) is 3.79. The van der Waals surface area contributed by atoms with Gasteiger partial charge in [0.25, 0.3) is 5.91 Å². The Bertz CT molecular complexity index is 998. The molecule has 2 heterocycles. The van der Waals surface area contributed by atoms with Crippen LogP contribution in [-0.4, -0.2) is 36.1 Å². The number of rotatable bonds is 7. The molecular weight excluding hydrogens is 366 g/mol. The highest BCUT2D eigenvalue weighted by atomic mass is 16.5. The zero-order valence-corrected chi connectivity index (χ0v) is 16.8. The lowest BCUT2D eigenvalue weighted by Gasteiger charge is -2.17. The fraction of sp³-hybridized carbons (Fsp3) is 0.304. The molecule has 1 amide bonds. The SMILES string of the molecule is Cc1ccc2c(c1)-c1onc(C(=O)NCCCN(C)Cc3ccccc3)c1CO2. The third kappa shape index (κ3) is 4.32. The van der Waals surface area contributed by atoms with E-state index in [2.05, 4.69) is 34.6 Å². The first-order chi connectivity index (χ1) is 14.1. The van der Waals surface area contributed by atoms with Gasteiger partial charge >= 0.3 is 0 Å². The maximum absolute atomic E-state index is 12.6. The molecular formula is C23H25N3O3. The van der Waals surface area contributed by atoms with Crippen LogP contribution in [0, 0.1) is 6.92 Å². The summed E-state index contributed by atoms with van der Waals surface area (Å²) in [5, 5.41) is 6.96. The molecule has 0 spiro atoms. The zero-order chi connectivity index (χ0) is 20.2. The summed E-state index contributed by atoms with van der Waals surface area (Å²) in [4.78, 5) is 14.8. The topological polar surface area (TPSA) is 67.6 Å². The number of ether oxygens (including phenoxy) is 1. The molecule has 3 aromatic rings. The molecule has 6 nitrogen and oxygen atoms in total. The molecule has 0 bridgehead atoms. The lowest BCUT2D eigenvalue weighted by atomic mass is 10.0. The van der Waals surface area contributed by atoms with Gasteiger partial charge in [-0.2, -0.15) is 0 Å². The third-order valence-electron chi connectivity index (χ3n) is 5.05. The Morgan fingerprint density at radius 3 is 2.86 bits per heavy atom. The van der Waals surface area contributed by atoms with E-state index in [9.17, 15) is 4.79 Å². The number of amides is 1. The summed E-state index contributed by atoms with van der Waals surface area (Å²) in [6.45, 7) is 4.66. The maximum Gasteiger partial charge on any atom is 0.273 e. The lowest BCUT2D eigenvalue weighted by molar-refractivity contribution is 0.0941. The van der Waals surface area contributed by atoms with E-state index in [1.165, 1.54) is 5.56 Å². The fourth-order valence-corrected chi connectivity index (χ4v) is 3.54. The molecule has 6 heteroatoms. The van der Waals surface area contributed by atoms with Crippen molar-refractivity contribution in [2.24, 2.45) is 0 Å². The Balaban J connectivity index is 1.31. The Hall–Kier alpha value is -3.12. The van der Waals surface area contributed by atoms with Crippen molar-refractivity contribution < 1.29 is 14.1 Å². The van der Waals surface area contributed by atoms with Crippen LogP contribution in [0.15, 0.2) is 53.1 Å². The van der Waals surface area contributed by atoms with Gasteiger partial charge < -0.3 is 19.5 Å². The molecule has 1 aliphatic heterocycles. The normalized spacial score (nSPS) is 12.2. The zero-order valence-electron chi connectivity index (χ0n) is 16.8. The molecule has 1 aliphatic rings. The van der Waals surface area contributed by atoms with Gasteiger partial charge in [0, 0.05) is 13.1 Å². The number of aryl methyl sites for hydroxylation is 1. The van der Waals surface area contributed by atoms with Crippen molar-refractivity contribution >= 4 is 5.91 Å². The molecule has 150 valence electrons. The van der Waals surface area contributed by atoms with Crippen molar-refractivity contribution in [2.75, 3.05) is 20.1 Å². The molecule has 4 rings (SSSR count). The minimum absolute atomic E-state index is 0.222. The van der Waals surface area contributed by atoms with E-state index in [-0.39, 0.29) is 12.5 Å². The number of carbonyl (C=O) groups excluding carboxylic acids is 1. The van der Waals surface area contributed by atoms with E-state index >= 15 is 0 Å². The van der Waals surface area contributed by atoms with E-state index in [1.807, 2.05) is 43.3 Å². The van der Waals surface area contributed by atoms with Crippen molar-refractivity contribution in [1.82, 2.24) is 15.4 Å². The second-order valence-corrected chi connectivity index (χ2v) is 7.46. The minimum Gasteiger partial charge on any atom is -0.488 e. The fourth-order valence-electron chi connectivity index (χ4n) is 3.54. The van der Waals surface area contributed by atoms with Crippen molar-refractivity contribution in [3.8, 4) is 17.1 Å². The van der Waals surface area contributed by atoms with Gasteiger partial charge in [0.2, 0.25) is 0 Å². The number of fused-ring (bicyclic) bond motifs is 3. The second-order valence-electron chi connectivity index (χ2n) is 7.46. The number of aromatic nitrogens is 1. The Morgan fingerprint density at radius 1 is 1.21 bits per heavy atom. The van der Waals surface area contributed by atoms with Crippen LogP contribution in [0.1, 0.15) is 33.6 Å². The summed E-state index contributed by atoms with van der Waals surface area (Å²) in [5.74, 6) is 1.16. The van der Waals surface area contributed by atoms with Crippen LogP contribution in [-0.2, 0) is 13.2 Å². The predicted molar refractivity (Wildman–Crippen MR) is 111 cm³/mol. The lowest BCUT2D eigenvalue weighted by Crippen LogP contribution is -2.29. The molecule has 0 saturated carbocycles. The Kier molecular flexibility index (Phi) is 5.62. The molecule has 0 radical (unpaired) electrons. The summed E-state index contributed by atoms with van der Waals surface area (Å²) >= 11 is 0. The van der Waals surface area contributed by atoms with Gasteiger partial charge in [0.1, 0.15) is 12.4 Å². The molecule has 0 fully saturated rings. The molecule has 0 saturated heterocycles. The number of carbonyl (C=O) groups is 1. The van der Waals surface area contributed by atoms with E-state index in [0.29, 0.717) is 23.6 Å². The molecule has 1 N–H and O–H groups in total. The van der Waals surface area contributed by atoms with E-state index < -0.39 is 0 Å². The first kappa shape index (κ1) is 19.2. The van der Waals surface area contributed by atoms with Gasteiger partial charge in [-0.3, -0.25) is 4.79 Å². The summed E-state index contributed by atoms with van der Waals surface area (Å²) in [7, 11) is 2.08. The van der Waals surface area contributed by atoms with Gasteiger partial charge in [-0.15, -0.1) is 0 Å². The number of nitrogens with zero attached hydrogens (tertiary/aromatic N) is 2. The summed E-state index contributed by atoms with van der Waals surface area (Å²) < 4.78 is 11.3. The van der Waals surface area contributed by atoms with Gasteiger partial charge in [-0.05, 0) is 44.6 Å². The highest BCUT2D eigenvalue weighted by molar-refractivity contribution is 5.95. The van der Waals surface area contributed by atoms with Crippen LogP contribution < -0.4 is 10.1 Å². The largest absolute Gasteiger partial charge is 0.488 e. The van der Waals surface area contributed by atoms with Gasteiger partial charge in [-0.1, -0.05) is 47.1 Å². The summed E-state index contributed by atoms with van der Waals surface area (Å²) in [6, 6.07) is 16.2. The first-order valence-electron chi connectivity index (χ1n) is 9.85. The van der Waals surface area contributed by atoms with Crippen molar-refractivity contribution in [3.63, 3.8) is 0 Å². The van der Waals surface area contributed by atoms with Crippen molar-refractivity contribution in [2.45, 2.75) is 26.5 Å². The average Bonchev–Trinajstić information content (AvgIpc) is 3.16. The maximum atomic E-state index is 12.6. The van der Waals surface area contributed by atoms with E-state index in [0.717, 1.165) is 36.4 Å². The Morgan fingerprint density at radius 2 is 2.03 bits per heavy atom.